The Bertz CT molecular complexity index is 1000. The number of rotatable bonds is 1. The van der Waals surface area contributed by atoms with Crippen molar-refractivity contribution in [1.82, 2.24) is 4.40 Å². The number of aromatic nitrogens is 1. The van der Waals surface area contributed by atoms with Gasteiger partial charge < -0.3 is 4.40 Å². The van der Waals surface area contributed by atoms with E-state index in [2.05, 4.69) is 65.9 Å². The van der Waals surface area contributed by atoms with Crippen LogP contribution in [0.2, 0.25) is 0 Å². The second kappa shape index (κ2) is 3.88. The summed E-state index contributed by atoms with van der Waals surface area (Å²) in [6.45, 7) is 2.28. The van der Waals surface area contributed by atoms with E-state index in [1.807, 2.05) is 0 Å². The second-order valence-corrected chi connectivity index (χ2v) is 6.26. The quantitative estimate of drug-likeness (QED) is 0.434. The Kier molecular flexibility index (Phi) is 2.11. The predicted octanol–water partition coefficient (Wildman–Crippen LogP) is 5.43. The molecule has 0 atom stereocenters. The van der Waals surface area contributed by atoms with E-state index >= 15 is 0 Å². The maximum atomic E-state index is 2.48. The molecule has 1 fully saturated rings. The van der Waals surface area contributed by atoms with Crippen LogP contribution in [0.1, 0.15) is 29.9 Å². The van der Waals surface area contributed by atoms with Crippen LogP contribution in [0.15, 0.2) is 54.6 Å². The van der Waals surface area contributed by atoms with Crippen LogP contribution in [0.3, 0.4) is 0 Å². The summed E-state index contributed by atoms with van der Waals surface area (Å²) in [5.74, 6) is 0.764. The summed E-state index contributed by atoms with van der Waals surface area (Å²) in [5, 5.41) is 2.74. The third-order valence-electron chi connectivity index (χ3n) is 4.91. The Morgan fingerprint density at radius 1 is 0.905 bits per heavy atom. The predicted molar refractivity (Wildman–Crippen MR) is 89.1 cm³/mol. The van der Waals surface area contributed by atoms with Crippen LogP contribution in [0.5, 0.6) is 0 Å². The summed E-state index contributed by atoms with van der Waals surface area (Å²) in [6.07, 6.45) is 2.68. The van der Waals surface area contributed by atoms with Gasteiger partial charge in [-0.25, -0.2) is 0 Å². The van der Waals surface area contributed by atoms with E-state index in [1.54, 1.807) is 5.56 Å². The number of fused-ring (bicyclic) bond motifs is 5. The van der Waals surface area contributed by atoms with Crippen molar-refractivity contribution in [1.29, 1.82) is 0 Å². The van der Waals surface area contributed by atoms with Crippen LogP contribution < -0.4 is 0 Å². The number of nitrogens with zero attached hydrogens (tertiary/aromatic N) is 1. The first kappa shape index (κ1) is 11.4. The first-order chi connectivity index (χ1) is 10.3. The standard InChI is InChI=1S/C20H17N/c1-13-16-7-3-5-9-19(16)21-18-8-4-2-6-15(18)12-17(20(13)21)14-10-11-14/h2-9,12,14H,10-11H2,1H3. The lowest BCUT2D eigenvalue weighted by molar-refractivity contribution is 1.12. The van der Waals surface area contributed by atoms with E-state index in [0.29, 0.717) is 0 Å². The molecule has 21 heavy (non-hydrogen) atoms. The Hall–Kier alpha value is -2.28. The number of benzene rings is 2. The van der Waals surface area contributed by atoms with Crippen LogP contribution in [0.4, 0.5) is 0 Å². The molecule has 4 aromatic rings. The maximum absolute atomic E-state index is 2.48. The summed E-state index contributed by atoms with van der Waals surface area (Å²) in [6, 6.07) is 20.0. The fourth-order valence-electron chi connectivity index (χ4n) is 3.75. The number of aryl methyl sites for hydroxylation is 1. The molecule has 0 bridgehead atoms. The van der Waals surface area contributed by atoms with E-state index in [4.69, 9.17) is 0 Å². The summed E-state index contributed by atoms with van der Waals surface area (Å²) in [5.41, 5.74) is 7.07. The third kappa shape index (κ3) is 1.46. The Morgan fingerprint density at radius 2 is 1.62 bits per heavy atom. The lowest BCUT2D eigenvalue weighted by Crippen LogP contribution is -1.93. The zero-order chi connectivity index (χ0) is 14.0. The minimum absolute atomic E-state index is 0.764. The van der Waals surface area contributed by atoms with E-state index < -0.39 is 0 Å². The van der Waals surface area contributed by atoms with Gasteiger partial charge in [0.1, 0.15) is 0 Å². The van der Waals surface area contributed by atoms with E-state index in [-0.39, 0.29) is 0 Å². The van der Waals surface area contributed by atoms with Crippen molar-refractivity contribution in [3.63, 3.8) is 0 Å². The molecule has 1 aliphatic rings. The molecule has 2 aromatic carbocycles. The molecular formula is C20H17N. The van der Waals surface area contributed by atoms with Gasteiger partial charge in [0.2, 0.25) is 0 Å². The van der Waals surface area contributed by atoms with Crippen LogP contribution in [-0.4, -0.2) is 4.40 Å². The molecule has 1 saturated carbocycles. The van der Waals surface area contributed by atoms with Gasteiger partial charge >= 0.3 is 0 Å². The van der Waals surface area contributed by atoms with Crippen LogP contribution in [0.25, 0.3) is 27.3 Å². The molecule has 0 saturated heterocycles. The van der Waals surface area contributed by atoms with Crippen molar-refractivity contribution in [3.8, 4) is 0 Å². The van der Waals surface area contributed by atoms with Gasteiger partial charge in [-0.15, -0.1) is 0 Å². The van der Waals surface area contributed by atoms with Crippen molar-refractivity contribution in [2.45, 2.75) is 25.7 Å². The van der Waals surface area contributed by atoms with Crippen molar-refractivity contribution in [3.05, 3.63) is 65.7 Å². The first-order valence-corrected chi connectivity index (χ1v) is 7.76. The number of hydrogen-bond donors (Lipinski definition) is 0. The Labute approximate surface area is 123 Å². The summed E-state index contributed by atoms with van der Waals surface area (Å²) in [4.78, 5) is 0. The molecule has 5 rings (SSSR count). The van der Waals surface area contributed by atoms with Crippen LogP contribution in [0, 0.1) is 6.92 Å². The molecule has 0 aliphatic heterocycles. The number of hydrogen-bond acceptors (Lipinski definition) is 0. The Morgan fingerprint density at radius 3 is 2.43 bits per heavy atom. The molecule has 0 spiro atoms. The molecule has 102 valence electrons. The fraction of sp³-hybridized carbons (Fsp3) is 0.200. The average Bonchev–Trinajstić information content (AvgIpc) is 3.33. The SMILES string of the molecule is Cc1c2ccccc2n2c1c(C1CC1)cc1ccccc12. The topological polar surface area (TPSA) is 4.41 Å². The number of pyridine rings is 1. The molecule has 1 aliphatic carbocycles. The minimum Gasteiger partial charge on any atom is -0.309 e. The average molecular weight is 271 g/mol. The maximum Gasteiger partial charge on any atom is 0.0537 e. The number of para-hydroxylation sites is 2. The highest BCUT2D eigenvalue weighted by Gasteiger charge is 2.28. The van der Waals surface area contributed by atoms with E-state index in [9.17, 15) is 0 Å². The molecule has 1 heteroatoms. The van der Waals surface area contributed by atoms with Gasteiger partial charge in [0.05, 0.1) is 16.6 Å². The van der Waals surface area contributed by atoms with Gasteiger partial charge in [0.25, 0.3) is 0 Å². The van der Waals surface area contributed by atoms with Gasteiger partial charge in [-0.05, 0) is 60.4 Å². The molecule has 0 unspecified atom stereocenters. The van der Waals surface area contributed by atoms with E-state index in [1.165, 1.54) is 45.7 Å². The van der Waals surface area contributed by atoms with Crippen molar-refractivity contribution in [2.75, 3.05) is 0 Å². The van der Waals surface area contributed by atoms with Gasteiger partial charge in [-0.2, -0.15) is 0 Å². The summed E-state index contributed by atoms with van der Waals surface area (Å²) >= 11 is 0. The highest BCUT2D eigenvalue weighted by atomic mass is 14.9. The van der Waals surface area contributed by atoms with E-state index in [0.717, 1.165) is 5.92 Å². The molecule has 2 heterocycles. The van der Waals surface area contributed by atoms with Gasteiger partial charge in [-0.3, -0.25) is 0 Å². The molecule has 0 N–H and O–H groups in total. The van der Waals surface area contributed by atoms with Crippen molar-refractivity contribution in [2.24, 2.45) is 0 Å². The van der Waals surface area contributed by atoms with Gasteiger partial charge in [-0.1, -0.05) is 36.4 Å². The second-order valence-electron chi connectivity index (χ2n) is 6.26. The van der Waals surface area contributed by atoms with Crippen molar-refractivity contribution >= 4 is 27.3 Å². The molecule has 0 amide bonds. The highest BCUT2D eigenvalue weighted by molar-refractivity contribution is 5.99. The molecule has 0 radical (unpaired) electrons. The first-order valence-electron chi connectivity index (χ1n) is 7.76. The van der Waals surface area contributed by atoms with Gasteiger partial charge in [0.15, 0.2) is 0 Å². The molecule has 1 nitrogen and oxygen atoms in total. The summed E-state index contributed by atoms with van der Waals surface area (Å²) in [7, 11) is 0. The largest absolute Gasteiger partial charge is 0.309 e. The molecular weight excluding hydrogens is 254 g/mol. The van der Waals surface area contributed by atoms with Crippen LogP contribution >= 0.6 is 0 Å². The van der Waals surface area contributed by atoms with Crippen LogP contribution in [-0.2, 0) is 0 Å². The molecule has 2 aromatic heterocycles. The van der Waals surface area contributed by atoms with Gasteiger partial charge in [0, 0.05) is 5.39 Å². The zero-order valence-electron chi connectivity index (χ0n) is 12.1. The highest BCUT2D eigenvalue weighted by Crippen LogP contribution is 2.45. The third-order valence-corrected chi connectivity index (χ3v) is 4.91. The van der Waals surface area contributed by atoms with Crippen molar-refractivity contribution < 1.29 is 0 Å². The lowest BCUT2D eigenvalue weighted by atomic mass is 10.0. The normalized spacial score (nSPS) is 15.3. The fourth-order valence-corrected chi connectivity index (χ4v) is 3.75. The zero-order valence-corrected chi connectivity index (χ0v) is 12.1. The Balaban J connectivity index is 2.13. The minimum atomic E-state index is 0.764. The summed E-state index contributed by atoms with van der Waals surface area (Å²) < 4.78 is 2.48. The lowest BCUT2D eigenvalue weighted by Gasteiger charge is -2.10. The monoisotopic (exact) mass is 271 g/mol. The smallest absolute Gasteiger partial charge is 0.0537 e.